The standard InChI is InChI=1S/C20H15F3N4O4/c21-8-1-2-14(12(22)3-8)27-5-10(19(29)30)15(28)9-4-13(23)18(25-17(9)27)26-6-11-16(24)20(11,31)7-26/h1-5,11,16,31H,6-7,24H2,(H,29,30)/t11-,16?,20?/m1/s1. The van der Waals surface area contributed by atoms with Crippen molar-refractivity contribution in [1.29, 1.82) is 0 Å². The Morgan fingerprint density at radius 2 is 1.97 bits per heavy atom. The van der Waals surface area contributed by atoms with Crippen molar-refractivity contribution in [3.05, 3.63) is 63.7 Å². The second-order valence-electron chi connectivity index (χ2n) is 7.81. The zero-order valence-electron chi connectivity index (χ0n) is 15.7. The second-order valence-corrected chi connectivity index (χ2v) is 7.81. The van der Waals surface area contributed by atoms with Crippen molar-refractivity contribution in [3.8, 4) is 5.69 Å². The van der Waals surface area contributed by atoms with E-state index in [1.165, 1.54) is 4.90 Å². The minimum atomic E-state index is -1.59. The number of anilines is 1. The molecule has 2 aliphatic rings. The van der Waals surface area contributed by atoms with Crippen molar-refractivity contribution in [3.63, 3.8) is 0 Å². The van der Waals surface area contributed by atoms with Crippen LogP contribution in [0, 0.1) is 23.4 Å². The number of benzene rings is 1. The van der Waals surface area contributed by atoms with Gasteiger partial charge in [0.15, 0.2) is 17.3 Å². The van der Waals surface area contributed by atoms with E-state index in [9.17, 15) is 33.0 Å². The SMILES string of the molecule is NC1[C@H]2CN(c3nc4c(cc3F)c(=O)c(C(=O)O)cn4-c3ccc(F)cc3F)CC12O. The average Bonchev–Trinajstić information content (AvgIpc) is 3.03. The topological polar surface area (TPSA) is 122 Å². The molecule has 8 nitrogen and oxygen atoms in total. The monoisotopic (exact) mass is 432 g/mol. The third-order valence-electron chi connectivity index (χ3n) is 6.02. The molecule has 0 radical (unpaired) electrons. The third-order valence-corrected chi connectivity index (χ3v) is 6.02. The molecule has 1 aromatic carbocycles. The van der Waals surface area contributed by atoms with Crippen molar-refractivity contribution >= 4 is 22.8 Å². The number of β-amino-alcohol motifs (C(OH)–C–C–N with tert-alkyl or cyclic N) is 1. The van der Waals surface area contributed by atoms with Crippen LogP contribution < -0.4 is 16.1 Å². The molecule has 4 N–H and O–H groups in total. The molecule has 0 amide bonds. The Hall–Kier alpha value is -3.44. The maximum Gasteiger partial charge on any atom is 0.341 e. The van der Waals surface area contributed by atoms with Gasteiger partial charge in [0.1, 0.15) is 22.8 Å². The van der Waals surface area contributed by atoms with Crippen LogP contribution in [0.4, 0.5) is 19.0 Å². The van der Waals surface area contributed by atoms with Crippen LogP contribution in [0.3, 0.4) is 0 Å². The van der Waals surface area contributed by atoms with E-state index >= 15 is 0 Å². The van der Waals surface area contributed by atoms with Crippen LogP contribution in [-0.4, -0.2) is 50.5 Å². The number of fused-ring (bicyclic) bond motifs is 2. The van der Waals surface area contributed by atoms with Gasteiger partial charge in [0.25, 0.3) is 0 Å². The number of halogens is 3. The fourth-order valence-corrected chi connectivity index (χ4v) is 4.25. The molecule has 1 saturated heterocycles. The smallest absolute Gasteiger partial charge is 0.341 e. The lowest BCUT2D eigenvalue weighted by atomic mass is 10.1. The maximum absolute atomic E-state index is 14.9. The molecule has 3 heterocycles. The van der Waals surface area contributed by atoms with Crippen LogP contribution in [0.15, 0.2) is 35.3 Å². The average molecular weight is 432 g/mol. The fourth-order valence-electron chi connectivity index (χ4n) is 4.25. The highest BCUT2D eigenvalue weighted by atomic mass is 19.1. The lowest BCUT2D eigenvalue weighted by Gasteiger charge is -2.23. The lowest BCUT2D eigenvalue weighted by Crippen LogP contribution is -2.36. The summed E-state index contributed by atoms with van der Waals surface area (Å²) in [6.45, 7) is 0.256. The molecule has 1 aliphatic carbocycles. The molecular formula is C20H15F3N4O4. The number of hydrogen-bond donors (Lipinski definition) is 3. The van der Waals surface area contributed by atoms with Gasteiger partial charge in [-0.25, -0.2) is 22.9 Å². The van der Waals surface area contributed by atoms with Gasteiger partial charge in [-0.05, 0) is 18.2 Å². The van der Waals surface area contributed by atoms with Crippen molar-refractivity contribution in [2.24, 2.45) is 11.7 Å². The van der Waals surface area contributed by atoms with Gasteiger partial charge in [0, 0.05) is 30.8 Å². The molecule has 2 unspecified atom stereocenters. The number of aliphatic hydroxyl groups is 1. The molecule has 3 aromatic rings. The normalized spacial score (nSPS) is 24.5. The number of rotatable bonds is 3. The van der Waals surface area contributed by atoms with Gasteiger partial charge < -0.3 is 20.8 Å². The summed E-state index contributed by atoms with van der Waals surface area (Å²) in [4.78, 5) is 29.8. The van der Waals surface area contributed by atoms with Crippen molar-refractivity contribution < 1.29 is 28.2 Å². The van der Waals surface area contributed by atoms with Crippen molar-refractivity contribution in [2.45, 2.75) is 11.6 Å². The highest BCUT2D eigenvalue weighted by molar-refractivity contribution is 5.92. The molecule has 31 heavy (non-hydrogen) atoms. The minimum absolute atomic E-state index is 0.0244. The highest BCUT2D eigenvalue weighted by Gasteiger charge is 2.67. The number of hydrogen-bond acceptors (Lipinski definition) is 6. The lowest BCUT2D eigenvalue weighted by molar-refractivity contribution is 0.0695. The summed E-state index contributed by atoms with van der Waals surface area (Å²) in [6.07, 6.45) is 0.864. The van der Waals surface area contributed by atoms with Gasteiger partial charge >= 0.3 is 5.97 Å². The largest absolute Gasteiger partial charge is 0.477 e. The minimum Gasteiger partial charge on any atom is -0.477 e. The number of aromatic nitrogens is 2. The quantitative estimate of drug-likeness (QED) is 0.565. The van der Waals surface area contributed by atoms with E-state index in [0.29, 0.717) is 6.07 Å². The van der Waals surface area contributed by atoms with Crippen LogP contribution in [-0.2, 0) is 0 Å². The van der Waals surface area contributed by atoms with Crippen LogP contribution >= 0.6 is 0 Å². The Morgan fingerprint density at radius 3 is 2.58 bits per heavy atom. The Kier molecular flexibility index (Phi) is 3.95. The van der Waals surface area contributed by atoms with Crippen LogP contribution in [0.5, 0.6) is 0 Å². The number of carboxylic acids is 1. The zero-order valence-corrected chi connectivity index (χ0v) is 15.7. The predicted octanol–water partition coefficient (Wildman–Crippen LogP) is 1.01. The van der Waals surface area contributed by atoms with Crippen LogP contribution in [0.25, 0.3) is 16.7 Å². The molecule has 160 valence electrons. The zero-order chi connectivity index (χ0) is 22.2. The number of carbonyl (C=O) groups is 1. The number of nitrogens with two attached hydrogens (primary N) is 1. The molecule has 2 aromatic heterocycles. The molecular weight excluding hydrogens is 417 g/mol. The summed E-state index contributed by atoms with van der Waals surface area (Å²) >= 11 is 0. The summed E-state index contributed by atoms with van der Waals surface area (Å²) < 4.78 is 43.7. The summed E-state index contributed by atoms with van der Waals surface area (Å²) in [7, 11) is 0. The van der Waals surface area contributed by atoms with Crippen molar-refractivity contribution in [1.82, 2.24) is 9.55 Å². The van der Waals surface area contributed by atoms with E-state index < -0.39 is 46.1 Å². The van der Waals surface area contributed by atoms with E-state index in [-0.39, 0.29) is 41.5 Å². The van der Waals surface area contributed by atoms with Crippen LogP contribution in [0.1, 0.15) is 10.4 Å². The Balaban J connectivity index is 1.75. The molecule has 3 atom stereocenters. The Bertz CT molecular complexity index is 1340. The van der Waals surface area contributed by atoms with E-state index in [2.05, 4.69) is 4.98 Å². The van der Waals surface area contributed by atoms with E-state index in [0.717, 1.165) is 29.0 Å². The van der Waals surface area contributed by atoms with Crippen LogP contribution in [0.2, 0.25) is 0 Å². The summed E-state index contributed by atoms with van der Waals surface area (Å²) in [5, 5.41) is 19.4. The molecule has 11 heteroatoms. The van der Waals surface area contributed by atoms with Gasteiger partial charge in [-0.15, -0.1) is 0 Å². The molecule has 1 aliphatic heterocycles. The van der Waals surface area contributed by atoms with Crippen molar-refractivity contribution in [2.75, 3.05) is 18.0 Å². The molecule has 1 saturated carbocycles. The van der Waals surface area contributed by atoms with Gasteiger partial charge in [0.2, 0.25) is 5.43 Å². The van der Waals surface area contributed by atoms with E-state index in [4.69, 9.17) is 5.73 Å². The molecule has 5 rings (SSSR count). The number of pyridine rings is 2. The number of nitrogens with zero attached hydrogens (tertiary/aromatic N) is 3. The van der Waals surface area contributed by atoms with E-state index in [1.54, 1.807) is 0 Å². The van der Waals surface area contributed by atoms with Gasteiger partial charge in [-0.1, -0.05) is 0 Å². The first-order chi connectivity index (χ1) is 14.6. The Morgan fingerprint density at radius 1 is 1.23 bits per heavy atom. The molecule has 0 spiro atoms. The maximum atomic E-state index is 14.9. The predicted molar refractivity (Wildman–Crippen MR) is 103 cm³/mol. The number of carboxylic acid groups (broad SMARTS) is 1. The first kappa shape index (κ1) is 19.5. The second kappa shape index (κ2) is 6.28. The summed E-state index contributed by atoms with van der Waals surface area (Å²) in [5.74, 6) is -4.84. The number of piperidine rings is 1. The third kappa shape index (κ3) is 2.73. The summed E-state index contributed by atoms with van der Waals surface area (Å²) in [6, 6.07) is 3.01. The summed E-state index contributed by atoms with van der Waals surface area (Å²) in [5.41, 5.74) is 2.44. The van der Waals surface area contributed by atoms with Gasteiger partial charge in [0.05, 0.1) is 17.6 Å². The van der Waals surface area contributed by atoms with E-state index in [1.807, 2.05) is 0 Å². The molecule has 2 fully saturated rings. The van der Waals surface area contributed by atoms with Gasteiger partial charge in [-0.3, -0.25) is 9.36 Å². The first-order valence-corrected chi connectivity index (χ1v) is 9.29. The Labute approximate surface area is 172 Å². The molecule has 0 bridgehead atoms. The van der Waals surface area contributed by atoms with Gasteiger partial charge in [-0.2, -0.15) is 0 Å². The number of aromatic carboxylic acids is 1. The highest BCUT2D eigenvalue weighted by Crippen LogP contribution is 2.49. The first-order valence-electron chi connectivity index (χ1n) is 9.29. The fraction of sp³-hybridized carbons (Fsp3) is 0.250.